The molecular weight excluding hydrogens is 228 g/mol. The van der Waals surface area contributed by atoms with E-state index in [9.17, 15) is 4.79 Å². The molecule has 2 heterocycles. The van der Waals surface area contributed by atoms with Gasteiger partial charge in [-0.05, 0) is 24.9 Å². The van der Waals surface area contributed by atoms with Crippen molar-refractivity contribution in [3.05, 3.63) is 24.2 Å². The van der Waals surface area contributed by atoms with Gasteiger partial charge in [0.15, 0.2) is 0 Å². The maximum Gasteiger partial charge on any atom is 0.230 e. The molecule has 1 aromatic rings. The Labute approximate surface area is 108 Å². The zero-order valence-corrected chi connectivity index (χ0v) is 11.4. The van der Waals surface area contributed by atoms with Gasteiger partial charge in [-0.15, -0.1) is 0 Å². The standard InChI is InChI=1S/C14H22N2O2/c1-11(2)14(5-6-15-10-14)13(17)16(3)8-12-4-7-18-9-12/h4,7,9,11,15H,5-6,8,10H2,1-3H3. The molecular formula is C14H22N2O2. The summed E-state index contributed by atoms with van der Waals surface area (Å²) in [6.45, 7) is 6.61. The number of nitrogens with one attached hydrogen (secondary N) is 1. The zero-order valence-electron chi connectivity index (χ0n) is 11.4. The van der Waals surface area contributed by atoms with E-state index in [1.807, 2.05) is 18.0 Å². The second kappa shape index (κ2) is 5.14. The van der Waals surface area contributed by atoms with E-state index in [1.165, 1.54) is 0 Å². The van der Waals surface area contributed by atoms with Gasteiger partial charge in [-0.3, -0.25) is 4.79 Å². The van der Waals surface area contributed by atoms with Crippen LogP contribution in [0.25, 0.3) is 0 Å². The maximum atomic E-state index is 12.7. The molecule has 1 atom stereocenters. The molecule has 18 heavy (non-hydrogen) atoms. The Morgan fingerprint density at radius 2 is 2.39 bits per heavy atom. The molecule has 0 radical (unpaired) electrons. The Bertz CT molecular complexity index is 392. The molecule has 1 aliphatic rings. The number of carbonyl (C=O) groups is 1. The van der Waals surface area contributed by atoms with Crippen LogP contribution in [0.5, 0.6) is 0 Å². The van der Waals surface area contributed by atoms with Crippen LogP contribution in [0.1, 0.15) is 25.8 Å². The van der Waals surface area contributed by atoms with Crippen LogP contribution in [0.3, 0.4) is 0 Å². The van der Waals surface area contributed by atoms with Crippen molar-refractivity contribution in [2.45, 2.75) is 26.8 Å². The summed E-state index contributed by atoms with van der Waals surface area (Å²) in [4.78, 5) is 14.5. The topological polar surface area (TPSA) is 45.5 Å². The SMILES string of the molecule is CC(C)C1(C(=O)N(C)Cc2ccoc2)CCNC1. The van der Waals surface area contributed by atoms with Crippen LogP contribution in [-0.4, -0.2) is 30.9 Å². The summed E-state index contributed by atoms with van der Waals surface area (Å²) in [6, 6.07) is 1.90. The molecule has 100 valence electrons. The number of amides is 1. The lowest BCUT2D eigenvalue weighted by molar-refractivity contribution is -0.142. The lowest BCUT2D eigenvalue weighted by Crippen LogP contribution is -2.46. The molecule has 1 saturated heterocycles. The highest BCUT2D eigenvalue weighted by Crippen LogP contribution is 2.36. The first-order valence-electron chi connectivity index (χ1n) is 6.53. The third-order valence-electron chi connectivity index (χ3n) is 4.07. The molecule has 1 N–H and O–H groups in total. The first-order chi connectivity index (χ1) is 8.56. The lowest BCUT2D eigenvalue weighted by atomic mass is 9.75. The Balaban J connectivity index is 2.09. The summed E-state index contributed by atoms with van der Waals surface area (Å²) >= 11 is 0. The number of rotatable bonds is 4. The minimum absolute atomic E-state index is 0.238. The van der Waals surface area contributed by atoms with Gasteiger partial charge < -0.3 is 14.6 Å². The fraction of sp³-hybridized carbons (Fsp3) is 0.643. The van der Waals surface area contributed by atoms with Crippen molar-refractivity contribution in [1.29, 1.82) is 0 Å². The minimum atomic E-state index is -0.238. The Kier molecular flexibility index (Phi) is 3.76. The van der Waals surface area contributed by atoms with Crippen LogP contribution < -0.4 is 5.32 Å². The summed E-state index contributed by atoms with van der Waals surface area (Å²) in [5.74, 6) is 0.593. The van der Waals surface area contributed by atoms with Crippen molar-refractivity contribution in [1.82, 2.24) is 10.2 Å². The molecule has 0 aromatic carbocycles. The smallest absolute Gasteiger partial charge is 0.230 e. The molecule has 1 amide bonds. The molecule has 1 aliphatic heterocycles. The Morgan fingerprint density at radius 3 is 2.89 bits per heavy atom. The second-order valence-corrected chi connectivity index (χ2v) is 5.53. The van der Waals surface area contributed by atoms with Crippen LogP contribution in [0.15, 0.2) is 23.0 Å². The fourth-order valence-electron chi connectivity index (χ4n) is 2.74. The van der Waals surface area contributed by atoms with E-state index in [0.29, 0.717) is 12.5 Å². The Morgan fingerprint density at radius 1 is 1.61 bits per heavy atom. The highest BCUT2D eigenvalue weighted by molar-refractivity contribution is 5.83. The second-order valence-electron chi connectivity index (χ2n) is 5.53. The molecule has 4 nitrogen and oxygen atoms in total. The quantitative estimate of drug-likeness (QED) is 0.887. The first-order valence-corrected chi connectivity index (χ1v) is 6.53. The van der Waals surface area contributed by atoms with Crippen molar-refractivity contribution < 1.29 is 9.21 Å². The van der Waals surface area contributed by atoms with Gasteiger partial charge in [0.1, 0.15) is 0 Å². The van der Waals surface area contributed by atoms with E-state index in [2.05, 4.69) is 19.2 Å². The minimum Gasteiger partial charge on any atom is -0.472 e. The molecule has 0 saturated carbocycles. The van der Waals surface area contributed by atoms with Crippen molar-refractivity contribution >= 4 is 5.91 Å². The van der Waals surface area contributed by atoms with Crippen molar-refractivity contribution in [3.8, 4) is 0 Å². The van der Waals surface area contributed by atoms with E-state index >= 15 is 0 Å². The molecule has 1 unspecified atom stereocenters. The van der Waals surface area contributed by atoms with Crippen molar-refractivity contribution in [2.24, 2.45) is 11.3 Å². The Hall–Kier alpha value is -1.29. The van der Waals surface area contributed by atoms with Crippen LogP contribution in [-0.2, 0) is 11.3 Å². The fourth-order valence-corrected chi connectivity index (χ4v) is 2.74. The predicted octanol–water partition coefficient (Wildman–Crippen LogP) is 1.87. The van der Waals surface area contributed by atoms with E-state index in [0.717, 1.165) is 25.1 Å². The molecule has 1 fully saturated rings. The van der Waals surface area contributed by atoms with Crippen LogP contribution in [0.4, 0.5) is 0 Å². The lowest BCUT2D eigenvalue weighted by Gasteiger charge is -2.35. The number of hydrogen-bond acceptors (Lipinski definition) is 3. The van der Waals surface area contributed by atoms with Gasteiger partial charge in [0, 0.05) is 25.7 Å². The molecule has 0 spiro atoms. The van der Waals surface area contributed by atoms with Crippen LogP contribution in [0, 0.1) is 11.3 Å². The molecule has 1 aromatic heterocycles. The van der Waals surface area contributed by atoms with Gasteiger partial charge in [0.25, 0.3) is 0 Å². The van der Waals surface area contributed by atoms with Gasteiger partial charge in [-0.1, -0.05) is 13.8 Å². The van der Waals surface area contributed by atoms with Gasteiger partial charge in [-0.2, -0.15) is 0 Å². The average molecular weight is 250 g/mol. The monoisotopic (exact) mass is 250 g/mol. The van der Waals surface area contributed by atoms with E-state index in [-0.39, 0.29) is 11.3 Å². The van der Waals surface area contributed by atoms with Crippen molar-refractivity contribution in [2.75, 3.05) is 20.1 Å². The predicted molar refractivity (Wildman–Crippen MR) is 69.9 cm³/mol. The molecule has 2 rings (SSSR count). The highest BCUT2D eigenvalue weighted by Gasteiger charge is 2.45. The van der Waals surface area contributed by atoms with Crippen LogP contribution >= 0.6 is 0 Å². The number of hydrogen-bond donors (Lipinski definition) is 1. The average Bonchev–Trinajstić information content (AvgIpc) is 2.98. The van der Waals surface area contributed by atoms with Gasteiger partial charge in [-0.25, -0.2) is 0 Å². The third-order valence-corrected chi connectivity index (χ3v) is 4.07. The first kappa shape index (κ1) is 13.1. The molecule has 0 bridgehead atoms. The number of furan rings is 1. The van der Waals surface area contributed by atoms with Crippen LogP contribution in [0.2, 0.25) is 0 Å². The van der Waals surface area contributed by atoms with Gasteiger partial charge in [0.2, 0.25) is 5.91 Å². The molecule has 0 aliphatic carbocycles. The third kappa shape index (κ3) is 2.29. The summed E-state index contributed by atoms with van der Waals surface area (Å²) in [7, 11) is 1.87. The molecule has 4 heteroatoms. The van der Waals surface area contributed by atoms with Gasteiger partial charge in [0.05, 0.1) is 17.9 Å². The normalized spacial score (nSPS) is 23.6. The summed E-state index contributed by atoms with van der Waals surface area (Å²) in [6.07, 6.45) is 4.26. The van der Waals surface area contributed by atoms with E-state index in [4.69, 9.17) is 4.42 Å². The zero-order chi connectivity index (χ0) is 13.2. The van der Waals surface area contributed by atoms with Gasteiger partial charge >= 0.3 is 0 Å². The van der Waals surface area contributed by atoms with E-state index in [1.54, 1.807) is 12.5 Å². The summed E-state index contributed by atoms with van der Waals surface area (Å²) < 4.78 is 5.04. The van der Waals surface area contributed by atoms with Crippen molar-refractivity contribution in [3.63, 3.8) is 0 Å². The summed E-state index contributed by atoms with van der Waals surface area (Å²) in [5, 5.41) is 3.32. The number of nitrogens with zero attached hydrogens (tertiary/aromatic N) is 1. The number of carbonyl (C=O) groups excluding carboxylic acids is 1. The maximum absolute atomic E-state index is 12.7. The highest BCUT2D eigenvalue weighted by atomic mass is 16.3. The largest absolute Gasteiger partial charge is 0.472 e. The van der Waals surface area contributed by atoms with E-state index < -0.39 is 0 Å². The summed E-state index contributed by atoms with van der Waals surface area (Å²) in [5.41, 5.74) is 0.800.